The minimum Gasteiger partial charge on any atom is -0.491 e. The fourth-order valence-electron chi connectivity index (χ4n) is 1.21. The molecule has 0 saturated heterocycles. The third-order valence-electron chi connectivity index (χ3n) is 2.07. The molecule has 1 N–H and O–H groups in total. The SMILES string of the molecule is CC(C)COc1ccccc1NC=C(C#N)C#N. The molecular formula is C14H15N3O. The monoisotopic (exact) mass is 241 g/mol. The second-order valence-corrected chi connectivity index (χ2v) is 4.13. The Morgan fingerprint density at radius 3 is 2.61 bits per heavy atom. The zero-order valence-electron chi connectivity index (χ0n) is 10.5. The van der Waals surface area contributed by atoms with Gasteiger partial charge in [0.15, 0.2) is 0 Å². The van der Waals surface area contributed by atoms with E-state index in [-0.39, 0.29) is 5.57 Å². The molecule has 0 heterocycles. The van der Waals surface area contributed by atoms with Crippen LogP contribution in [0.25, 0.3) is 0 Å². The van der Waals surface area contributed by atoms with Crippen molar-refractivity contribution >= 4 is 5.69 Å². The first kappa shape index (κ1) is 13.6. The largest absolute Gasteiger partial charge is 0.491 e. The summed E-state index contributed by atoms with van der Waals surface area (Å²) in [4.78, 5) is 0. The van der Waals surface area contributed by atoms with Crippen molar-refractivity contribution in [3.8, 4) is 17.9 Å². The van der Waals surface area contributed by atoms with Crippen LogP contribution < -0.4 is 10.1 Å². The smallest absolute Gasteiger partial charge is 0.145 e. The molecule has 0 fully saturated rings. The van der Waals surface area contributed by atoms with Crippen molar-refractivity contribution in [1.29, 1.82) is 10.5 Å². The van der Waals surface area contributed by atoms with E-state index in [0.29, 0.717) is 18.3 Å². The number of anilines is 1. The number of nitriles is 2. The first-order chi connectivity index (χ1) is 8.67. The molecule has 0 bridgehead atoms. The molecule has 1 rings (SSSR count). The summed E-state index contributed by atoms with van der Waals surface area (Å²) in [6, 6.07) is 11.0. The van der Waals surface area contributed by atoms with Crippen molar-refractivity contribution in [2.45, 2.75) is 13.8 Å². The van der Waals surface area contributed by atoms with Crippen LogP contribution in [-0.4, -0.2) is 6.61 Å². The van der Waals surface area contributed by atoms with Crippen molar-refractivity contribution in [2.75, 3.05) is 11.9 Å². The fraction of sp³-hybridized carbons (Fsp3) is 0.286. The topological polar surface area (TPSA) is 68.8 Å². The van der Waals surface area contributed by atoms with Gasteiger partial charge in [-0.15, -0.1) is 0 Å². The van der Waals surface area contributed by atoms with E-state index in [1.807, 2.05) is 24.3 Å². The van der Waals surface area contributed by atoms with Gasteiger partial charge in [0, 0.05) is 6.20 Å². The number of para-hydroxylation sites is 2. The molecule has 0 saturated carbocycles. The van der Waals surface area contributed by atoms with E-state index < -0.39 is 0 Å². The highest BCUT2D eigenvalue weighted by molar-refractivity contribution is 5.59. The summed E-state index contributed by atoms with van der Waals surface area (Å²) in [5.74, 6) is 1.14. The molecule has 0 aliphatic carbocycles. The summed E-state index contributed by atoms with van der Waals surface area (Å²) in [5, 5.41) is 20.2. The maximum Gasteiger partial charge on any atom is 0.145 e. The number of allylic oxidation sites excluding steroid dienone is 1. The Bertz CT molecular complexity index is 491. The van der Waals surface area contributed by atoms with E-state index in [0.717, 1.165) is 5.69 Å². The van der Waals surface area contributed by atoms with Gasteiger partial charge in [0.05, 0.1) is 12.3 Å². The molecule has 0 atom stereocenters. The lowest BCUT2D eigenvalue weighted by atomic mass is 10.2. The number of benzene rings is 1. The van der Waals surface area contributed by atoms with Crippen LogP contribution in [0.15, 0.2) is 36.0 Å². The molecule has 0 aliphatic rings. The standard InChI is InChI=1S/C14H15N3O/c1-11(2)10-18-14-6-4-3-5-13(14)17-9-12(7-15)8-16/h3-6,9,11,17H,10H2,1-2H3. The Hall–Kier alpha value is -2.46. The fourth-order valence-corrected chi connectivity index (χ4v) is 1.21. The van der Waals surface area contributed by atoms with Crippen molar-refractivity contribution < 1.29 is 4.74 Å². The Labute approximate surface area is 107 Å². The second kappa shape index (κ2) is 6.98. The Kier molecular flexibility index (Phi) is 5.28. The lowest BCUT2D eigenvalue weighted by molar-refractivity contribution is 0.272. The lowest BCUT2D eigenvalue weighted by Gasteiger charge is -2.12. The van der Waals surface area contributed by atoms with Gasteiger partial charge in [0.1, 0.15) is 23.5 Å². The van der Waals surface area contributed by atoms with Gasteiger partial charge in [-0.25, -0.2) is 0 Å². The highest BCUT2D eigenvalue weighted by Crippen LogP contribution is 2.24. The molecule has 18 heavy (non-hydrogen) atoms. The Balaban J connectivity index is 2.80. The third kappa shape index (κ3) is 4.19. The normalized spacial score (nSPS) is 9.17. The van der Waals surface area contributed by atoms with E-state index >= 15 is 0 Å². The van der Waals surface area contributed by atoms with Crippen molar-refractivity contribution in [1.82, 2.24) is 0 Å². The molecule has 0 amide bonds. The van der Waals surface area contributed by atoms with E-state index in [2.05, 4.69) is 19.2 Å². The van der Waals surface area contributed by atoms with Gasteiger partial charge in [0.2, 0.25) is 0 Å². The quantitative estimate of drug-likeness (QED) is 0.804. The highest BCUT2D eigenvalue weighted by atomic mass is 16.5. The zero-order valence-corrected chi connectivity index (χ0v) is 10.5. The minimum atomic E-state index is 0.0219. The maximum absolute atomic E-state index is 8.64. The maximum atomic E-state index is 8.64. The first-order valence-electron chi connectivity index (χ1n) is 5.66. The summed E-state index contributed by atoms with van der Waals surface area (Å²) < 4.78 is 5.64. The van der Waals surface area contributed by atoms with E-state index in [1.54, 1.807) is 12.1 Å². The predicted molar refractivity (Wildman–Crippen MR) is 69.7 cm³/mol. The zero-order chi connectivity index (χ0) is 13.4. The molecule has 4 nitrogen and oxygen atoms in total. The van der Waals surface area contributed by atoms with Gasteiger partial charge in [-0.3, -0.25) is 0 Å². The third-order valence-corrected chi connectivity index (χ3v) is 2.07. The average Bonchev–Trinajstić information content (AvgIpc) is 2.38. The summed E-state index contributed by atoms with van der Waals surface area (Å²) in [6.45, 7) is 4.75. The van der Waals surface area contributed by atoms with E-state index in [1.165, 1.54) is 6.20 Å². The van der Waals surface area contributed by atoms with Crippen LogP contribution in [0.4, 0.5) is 5.69 Å². The number of nitrogens with zero attached hydrogens (tertiary/aromatic N) is 2. The van der Waals surface area contributed by atoms with Crippen molar-refractivity contribution in [3.05, 3.63) is 36.0 Å². The number of ether oxygens (including phenoxy) is 1. The molecule has 0 aliphatic heterocycles. The molecule has 0 aromatic heterocycles. The molecule has 1 aromatic rings. The summed E-state index contributed by atoms with van der Waals surface area (Å²) in [5.41, 5.74) is 0.759. The highest BCUT2D eigenvalue weighted by Gasteiger charge is 2.03. The van der Waals surface area contributed by atoms with Gasteiger partial charge in [-0.1, -0.05) is 26.0 Å². The number of hydrogen-bond donors (Lipinski definition) is 1. The minimum absolute atomic E-state index is 0.0219. The van der Waals surface area contributed by atoms with E-state index in [4.69, 9.17) is 15.3 Å². The average molecular weight is 241 g/mol. The van der Waals surface area contributed by atoms with Crippen LogP contribution in [0, 0.1) is 28.6 Å². The van der Waals surface area contributed by atoms with E-state index in [9.17, 15) is 0 Å². The molecule has 1 aromatic carbocycles. The van der Waals surface area contributed by atoms with Crippen LogP contribution in [0.2, 0.25) is 0 Å². The summed E-state index contributed by atoms with van der Waals surface area (Å²) >= 11 is 0. The summed E-state index contributed by atoms with van der Waals surface area (Å²) in [7, 11) is 0. The van der Waals surface area contributed by atoms with Crippen LogP contribution in [0.3, 0.4) is 0 Å². The lowest BCUT2D eigenvalue weighted by Crippen LogP contribution is -2.06. The van der Waals surface area contributed by atoms with Crippen LogP contribution in [0.5, 0.6) is 5.75 Å². The van der Waals surface area contributed by atoms with Crippen LogP contribution >= 0.6 is 0 Å². The molecular weight excluding hydrogens is 226 g/mol. The van der Waals surface area contributed by atoms with Crippen molar-refractivity contribution in [2.24, 2.45) is 5.92 Å². The van der Waals surface area contributed by atoms with Gasteiger partial charge < -0.3 is 10.1 Å². The molecule has 4 heteroatoms. The van der Waals surface area contributed by atoms with Gasteiger partial charge in [-0.05, 0) is 18.1 Å². The molecule has 92 valence electrons. The Morgan fingerprint density at radius 1 is 1.33 bits per heavy atom. The van der Waals surface area contributed by atoms with Gasteiger partial charge in [-0.2, -0.15) is 10.5 Å². The number of hydrogen-bond acceptors (Lipinski definition) is 4. The molecule has 0 spiro atoms. The van der Waals surface area contributed by atoms with Crippen LogP contribution in [0.1, 0.15) is 13.8 Å². The molecule has 0 radical (unpaired) electrons. The van der Waals surface area contributed by atoms with Gasteiger partial charge in [0.25, 0.3) is 0 Å². The second-order valence-electron chi connectivity index (χ2n) is 4.13. The number of nitrogens with one attached hydrogen (secondary N) is 1. The predicted octanol–water partition coefficient (Wildman–Crippen LogP) is 3.06. The summed E-state index contributed by atoms with van der Waals surface area (Å²) in [6.07, 6.45) is 1.37. The van der Waals surface area contributed by atoms with Crippen LogP contribution in [-0.2, 0) is 0 Å². The Morgan fingerprint density at radius 2 is 2.00 bits per heavy atom. The molecule has 0 unspecified atom stereocenters. The first-order valence-corrected chi connectivity index (χ1v) is 5.66. The van der Waals surface area contributed by atoms with Crippen molar-refractivity contribution in [3.63, 3.8) is 0 Å². The van der Waals surface area contributed by atoms with Gasteiger partial charge >= 0.3 is 0 Å². The number of rotatable bonds is 5.